The summed E-state index contributed by atoms with van der Waals surface area (Å²) in [6.07, 6.45) is 1.71. The lowest BCUT2D eigenvalue weighted by molar-refractivity contribution is 0.515. The summed E-state index contributed by atoms with van der Waals surface area (Å²) in [7, 11) is 0. The Kier molecular flexibility index (Phi) is 3.85. The second kappa shape index (κ2) is 5.31. The average Bonchev–Trinajstić information content (AvgIpc) is 2.66. The number of hydrogen-bond donors (Lipinski definition) is 1. The first kappa shape index (κ1) is 15.2. The van der Waals surface area contributed by atoms with Crippen LogP contribution in [0.3, 0.4) is 0 Å². The largest absolute Gasteiger partial charge is 0.383 e. The first-order chi connectivity index (χ1) is 9.74. The van der Waals surface area contributed by atoms with E-state index < -0.39 is 11.6 Å². The SMILES string of the molecule is C=CCn1c(C(C)(C)C)nc(-c2cc(F)cc(F)c2)c1N. The van der Waals surface area contributed by atoms with E-state index in [2.05, 4.69) is 11.6 Å². The molecular weight excluding hydrogens is 272 g/mol. The van der Waals surface area contributed by atoms with Crippen LogP contribution in [-0.2, 0) is 12.0 Å². The number of rotatable bonds is 3. The quantitative estimate of drug-likeness (QED) is 0.872. The van der Waals surface area contributed by atoms with Gasteiger partial charge >= 0.3 is 0 Å². The van der Waals surface area contributed by atoms with Crippen molar-refractivity contribution in [2.24, 2.45) is 0 Å². The van der Waals surface area contributed by atoms with Gasteiger partial charge in [-0.1, -0.05) is 26.8 Å². The summed E-state index contributed by atoms with van der Waals surface area (Å²) >= 11 is 0. The lowest BCUT2D eigenvalue weighted by atomic mass is 9.95. The van der Waals surface area contributed by atoms with Gasteiger partial charge in [0.2, 0.25) is 0 Å². The summed E-state index contributed by atoms with van der Waals surface area (Å²) in [5.74, 6) is -0.177. The fourth-order valence-corrected chi connectivity index (χ4v) is 2.25. The first-order valence-electron chi connectivity index (χ1n) is 6.68. The third-order valence-electron chi connectivity index (χ3n) is 3.13. The van der Waals surface area contributed by atoms with Gasteiger partial charge in [0.15, 0.2) is 0 Å². The Balaban J connectivity index is 2.67. The Morgan fingerprint density at radius 2 is 1.81 bits per heavy atom. The molecule has 0 amide bonds. The summed E-state index contributed by atoms with van der Waals surface area (Å²) in [4.78, 5) is 4.51. The highest BCUT2D eigenvalue weighted by atomic mass is 19.1. The van der Waals surface area contributed by atoms with Crippen molar-refractivity contribution in [1.29, 1.82) is 0 Å². The van der Waals surface area contributed by atoms with Gasteiger partial charge in [-0.25, -0.2) is 13.8 Å². The zero-order valence-electron chi connectivity index (χ0n) is 12.5. The molecule has 1 aromatic carbocycles. The van der Waals surface area contributed by atoms with E-state index in [1.54, 1.807) is 6.08 Å². The molecule has 0 aliphatic rings. The molecule has 2 N–H and O–H groups in total. The molecule has 2 rings (SSSR count). The highest BCUT2D eigenvalue weighted by molar-refractivity contribution is 5.71. The van der Waals surface area contributed by atoms with Crippen molar-refractivity contribution in [2.45, 2.75) is 32.7 Å². The first-order valence-corrected chi connectivity index (χ1v) is 6.68. The molecule has 0 fully saturated rings. The minimum absolute atomic E-state index is 0.249. The van der Waals surface area contributed by atoms with E-state index in [-0.39, 0.29) is 5.41 Å². The van der Waals surface area contributed by atoms with Crippen molar-refractivity contribution in [3.8, 4) is 11.3 Å². The Labute approximate surface area is 123 Å². The molecule has 0 aliphatic heterocycles. The van der Waals surface area contributed by atoms with Crippen molar-refractivity contribution in [1.82, 2.24) is 9.55 Å². The van der Waals surface area contributed by atoms with Crippen molar-refractivity contribution < 1.29 is 8.78 Å². The molecule has 5 heteroatoms. The number of halogens is 2. The maximum absolute atomic E-state index is 13.4. The van der Waals surface area contributed by atoms with Crippen LogP contribution in [0.15, 0.2) is 30.9 Å². The van der Waals surface area contributed by atoms with E-state index >= 15 is 0 Å². The van der Waals surface area contributed by atoms with Crippen LogP contribution in [0, 0.1) is 11.6 Å². The molecule has 0 saturated heterocycles. The van der Waals surface area contributed by atoms with Gasteiger partial charge in [-0.05, 0) is 12.1 Å². The summed E-state index contributed by atoms with van der Waals surface area (Å²) in [5, 5.41) is 0. The highest BCUT2D eigenvalue weighted by Gasteiger charge is 2.25. The van der Waals surface area contributed by atoms with E-state index in [1.165, 1.54) is 12.1 Å². The Morgan fingerprint density at radius 1 is 1.24 bits per heavy atom. The van der Waals surface area contributed by atoms with Crippen molar-refractivity contribution in [3.05, 3.63) is 48.3 Å². The Bertz CT molecular complexity index is 661. The van der Waals surface area contributed by atoms with E-state index in [0.29, 0.717) is 23.6 Å². The van der Waals surface area contributed by atoms with Gasteiger partial charge < -0.3 is 10.3 Å². The summed E-state index contributed by atoms with van der Waals surface area (Å²) in [5.41, 5.74) is 6.60. The zero-order chi connectivity index (χ0) is 15.8. The molecule has 0 saturated carbocycles. The van der Waals surface area contributed by atoms with E-state index in [1.807, 2.05) is 25.3 Å². The third kappa shape index (κ3) is 2.96. The highest BCUT2D eigenvalue weighted by Crippen LogP contribution is 2.32. The molecule has 21 heavy (non-hydrogen) atoms. The van der Waals surface area contributed by atoms with Gasteiger partial charge in [-0.2, -0.15) is 0 Å². The van der Waals surface area contributed by atoms with Crippen LogP contribution < -0.4 is 5.73 Å². The van der Waals surface area contributed by atoms with E-state index in [0.717, 1.165) is 11.9 Å². The molecule has 0 bridgehead atoms. The van der Waals surface area contributed by atoms with Crippen LogP contribution in [-0.4, -0.2) is 9.55 Å². The van der Waals surface area contributed by atoms with Gasteiger partial charge in [-0.15, -0.1) is 6.58 Å². The maximum Gasteiger partial charge on any atom is 0.132 e. The van der Waals surface area contributed by atoms with Crippen molar-refractivity contribution in [2.75, 3.05) is 5.73 Å². The number of imidazole rings is 1. The number of nitrogens with zero attached hydrogens (tertiary/aromatic N) is 2. The second-order valence-corrected chi connectivity index (χ2v) is 5.98. The molecular formula is C16H19F2N3. The molecule has 0 radical (unpaired) electrons. The van der Waals surface area contributed by atoms with Crippen LogP contribution in [0.2, 0.25) is 0 Å². The van der Waals surface area contributed by atoms with Gasteiger partial charge in [0, 0.05) is 23.6 Å². The van der Waals surface area contributed by atoms with Gasteiger partial charge in [0.05, 0.1) is 0 Å². The van der Waals surface area contributed by atoms with Crippen LogP contribution in [0.5, 0.6) is 0 Å². The minimum atomic E-state index is -0.653. The summed E-state index contributed by atoms with van der Waals surface area (Å²) < 4.78 is 28.6. The lowest BCUT2D eigenvalue weighted by Crippen LogP contribution is -2.19. The van der Waals surface area contributed by atoms with Crippen LogP contribution in [0.4, 0.5) is 14.6 Å². The molecule has 1 heterocycles. The zero-order valence-corrected chi connectivity index (χ0v) is 12.5. The average molecular weight is 291 g/mol. The van der Waals surface area contributed by atoms with Gasteiger partial charge in [0.1, 0.15) is 29.0 Å². The van der Waals surface area contributed by atoms with Crippen molar-refractivity contribution >= 4 is 5.82 Å². The minimum Gasteiger partial charge on any atom is -0.383 e. The number of aromatic nitrogens is 2. The number of nitrogens with two attached hydrogens (primary N) is 1. The number of nitrogen functional groups attached to an aromatic ring is 1. The second-order valence-electron chi connectivity index (χ2n) is 5.98. The lowest BCUT2D eigenvalue weighted by Gasteiger charge is -2.19. The molecule has 112 valence electrons. The monoisotopic (exact) mass is 291 g/mol. The van der Waals surface area contributed by atoms with E-state index in [9.17, 15) is 8.78 Å². The topological polar surface area (TPSA) is 43.8 Å². The number of benzene rings is 1. The van der Waals surface area contributed by atoms with Gasteiger partial charge in [0.25, 0.3) is 0 Å². The smallest absolute Gasteiger partial charge is 0.132 e. The van der Waals surface area contributed by atoms with Crippen molar-refractivity contribution in [3.63, 3.8) is 0 Å². The molecule has 3 nitrogen and oxygen atoms in total. The number of anilines is 1. The van der Waals surface area contributed by atoms with Crippen LogP contribution in [0.1, 0.15) is 26.6 Å². The summed E-state index contributed by atoms with van der Waals surface area (Å²) in [6, 6.07) is 3.28. The third-order valence-corrected chi connectivity index (χ3v) is 3.13. The Morgan fingerprint density at radius 3 is 2.29 bits per heavy atom. The predicted molar refractivity (Wildman–Crippen MR) is 80.9 cm³/mol. The molecule has 2 aromatic rings. The number of hydrogen-bond acceptors (Lipinski definition) is 2. The molecule has 1 aromatic heterocycles. The fourth-order valence-electron chi connectivity index (χ4n) is 2.25. The standard InChI is InChI=1S/C16H19F2N3/c1-5-6-21-14(19)13(20-15(21)16(2,3)4)10-7-11(17)9-12(18)8-10/h5,7-9H,1,6,19H2,2-4H3. The molecule has 0 aliphatic carbocycles. The van der Waals surface area contributed by atoms with Crippen LogP contribution >= 0.6 is 0 Å². The number of allylic oxidation sites excluding steroid dienone is 1. The molecule has 0 spiro atoms. The Hall–Kier alpha value is -2.17. The van der Waals surface area contributed by atoms with E-state index in [4.69, 9.17) is 5.73 Å². The summed E-state index contributed by atoms with van der Waals surface area (Å²) in [6.45, 7) is 10.2. The predicted octanol–water partition coefficient (Wildman–Crippen LogP) is 3.89. The normalized spacial score (nSPS) is 11.7. The van der Waals surface area contributed by atoms with Crippen LogP contribution in [0.25, 0.3) is 11.3 Å². The fraction of sp³-hybridized carbons (Fsp3) is 0.312. The van der Waals surface area contributed by atoms with Gasteiger partial charge in [-0.3, -0.25) is 0 Å². The molecule has 0 atom stereocenters. The maximum atomic E-state index is 13.4. The molecule has 0 unspecified atom stereocenters.